The molecule has 2 heterocycles. The normalized spacial score (nSPS) is 18.7. The molecule has 1 aromatic carbocycles. The molecular weight excluding hydrogens is 428 g/mol. The Labute approximate surface area is 188 Å². The number of aryl methyl sites for hydroxylation is 1. The van der Waals surface area contributed by atoms with E-state index in [1.165, 1.54) is 6.20 Å². The maximum Gasteiger partial charge on any atom is 0.341 e. The Morgan fingerprint density at radius 2 is 2.03 bits per heavy atom. The van der Waals surface area contributed by atoms with Gasteiger partial charge in [-0.1, -0.05) is 19.0 Å². The van der Waals surface area contributed by atoms with E-state index in [0.29, 0.717) is 22.4 Å². The molecule has 32 heavy (non-hydrogen) atoms. The van der Waals surface area contributed by atoms with Crippen LogP contribution in [-0.4, -0.2) is 33.7 Å². The number of nitrogens with zero attached hydrogens (tertiary/aromatic N) is 2. The lowest BCUT2D eigenvalue weighted by Crippen LogP contribution is -2.30. The SMILES string of the molecule is COc1c(-c2cc3c(s2)CCC(C)(C)/C3=N\O)ccc2c(=O)c(C(=O)O)cn(C3CC3)c12. The second-order valence-electron chi connectivity index (χ2n) is 9.14. The third-order valence-corrected chi connectivity index (χ3v) is 7.80. The Morgan fingerprint density at radius 3 is 2.66 bits per heavy atom. The van der Waals surface area contributed by atoms with Crippen LogP contribution in [0.1, 0.15) is 60.0 Å². The van der Waals surface area contributed by atoms with Crippen LogP contribution in [0.5, 0.6) is 5.75 Å². The van der Waals surface area contributed by atoms with Crippen molar-refractivity contribution in [1.29, 1.82) is 0 Å². The van der Waals surface area contributed by atoms with Crippen molar-refractivity contribution < 1.29 is 19.8 Å². The van der Waals surface area contributed by atoms with Gasteiger partial charge in [0, 0.05) is 38.5 Å². The number of aromatic carboxylic acids is 1. The molecule has 0 unspecified atom stereocenters. The number of rotatable bonds is 4. The maximum atomic E-state index is 12.9. The zero-order valence-corrected chi connectivity index (χ0v) is 19.0. The summed E-state index contributed by atoms with van der Waals surface area (Å²) >= 11 is 1.64. The number of fused-ring (bicyclic) bond motifs is 2. The predicted octanol–water partition coefficient (Wildman–Crippen LogP) is 4.92. The summed E-state index contributed by atoms with van der Waals surface area (Å²) in [4.78, 5) is 26.7. The molecule has 0 radical (unpaired) electrons. The predicted molar refractivity (Wildman–Crippen MR) is 124 cm³/mol. The highest BCUT2D eigenvalue weighted by Crippen LogP contribution is 2.47. The van der Waals surface area contributed by atoms with Gasteiger partial charge < -0.3 is 19.6 Å². The number of methoxy groups -OCH3 is 1. The molecule has 0 spiro atoms. The Bertz CT molecular complexity index is 1360. The summed E-state index contributed by atoms with van der Waals surface area (Å²) in [5.74, 6) is -0.664. The summed E-state index contributed by atoms with van der Waals surface area (Å²) in [7, 11) is 1.57. The first-order valence-electron chi connectivity index (χ1n) is 10.6. The number of benzene rings is 1. The third-order valence-electron chi connectivity index (χ3n) is 6.57. The van der Waals surface area contributed by atoms with Gasteiger partial charge in [0.2, 0.25) is 5.43 Å². The summed E-state index contributed by atoms with van der Waals surface area (Å²) in [5, 5.41) is 23.2. The molecule has 3 aromatic rings. The molecule has 0 saturated heterocycles. The highest BCUT2D eigenvalue weighted by atomic mass is 32.1. The minimum absolute atomic E-state index is 0.158. The van der Waals surface area contributed by atoms with Crippen LogP contribution in [0.2, 0.25) is 0 Å². The number of carbonyl (C=O) groups is 1. The van der Waals surface area contributed by atoms with Crippen LogP contribution >= 0.6 is 11.3 Å². The molecule has 0 bridgehead atoms. The van der Waals surface area contributed by atoms with E-state index in [2.05, 4.69) is 19.0 Å². The van der Waals surface area contributed by atoms with Gasteiger partial charge in [0.1, 0.15) is 5.56 Å². The smallest absolute Gasteiger partial charge is 0.341 e. The van der Waals surface area contributed by atoms with Gasteiger partial charge in [0.05, 0.1) is 23.7 Å². The van der Waals surface area contributed by atoms with E-state index < -0.39 is 11.4 Å². The summed E-state index contributed by atoms with van der Waals surface area (Å²) < 4.78 is 7.72. The molecule has 166 valence electrons. The van der Waals surface area contributed by atoms with Crippen molar-refractivity contribution in [3.05, 3.63) is 50.6 Å². The maximum absolute atomic E-state index is 12.9. The minimum Gasteiger partial charge on any atom is -0.494 e. The van der Waals surface area contributed by atoms with Crippen LogP contribution in [0.4, 0.5) is 0 Å². The Morgan fingerprint density at radius 1 is 1.28 bits per heavy atom. The van der Waals surface area contributed by atoms with Gasteiger partial charge in [0.25, 0.3) is 0 Å². The van der Waals surface area contributed by atoms with E-state index in [1.807, 2.05) is 16.7 Å². The number of hydrogen-bond acceptors (Lipinski definition) is 6. The molecule has 5 rings (SSSR count). The number of hydrogen-bond donors (Lipinski definition) is 2. The lowest BCUT2D eigenvalue weighted by Gasteiger charge is -2.29. The van der Waals surface area contributed by atoms with E-state index in [4.69, 9.17) is 4.74 Å². The number of aromatic nitrogens is 1. The lowest BCUT2D eigenvalue weighted by molar-refractivity contribution is 0.0695. The first kappa shape index (κ1) is 20.8. The number of thiophene rings is 1. The molecule has 0 aliphatic heterocycles. The molecular formula is C24H24N2O5S. The fraction of sp³-hybridized carbons (Fsp3) is 0.375. The number of carboxylic acids is 1. The highest BCUT2D eigenvalue weighted by Gasteiger charge is 2.35. The zero-order valence-electron chi connectivity index (χ0n) is 18.1. The second-order valence-corrected chi connectivity index (χ2v) is 10.3. The highest BCUT2D eigenvalue weighted by molar-refractivity contribution is 7.16. The monoisotopic (exact) mass is 452 g/mol. The standard InChI is InChI=1S/C24H24N2O5S/c1-24(2)9-8-17-15(22(24)25-30)10-18(32-17)13-6-7-14-19(21(13)31-3)26(12-4-5-12)11-16(20(14)27)23(28)29/h6-7,10-12,30H,4-5,8-9H2,1-3H3,(H,28,29)/b25-22-. The summed E-state index contributed by atoms with van der Waals surface area (Å²) in [6.07, 6.45) is 5.12. The molecule has 2 aliphatic rings. The van der Waals surface area contributed by atoms with Crippen molar-refractivity contribution >= 4 is 33.9 Å². The molecule has 8 heteroatoms. The van der Waals surface area contributed by atoms with E-state index in [-0.39, 0.29) is 17.0 Å². The largest absolute Gasteiger partial charge is 0.494 e. The van der Waals surface area contributed by atoms with Crippen molar-refractivity contribution in [2.75, 3.05) is 7.11 Å². The van der Waals surface area contributed by atoms with Gasteiger partial charge in [-0.3, -0.25) is 4.79 Å². The summed E-state index contributed by atoms with van der Waals surface area (Å²) in [5.41, 5.74) is 2.16. The van der Waals surface area contributed by atoms with E-state index in [1.54, 1.807) is 24.5 Å². The number of ether oxygens (including phenoxy) is 1. The fourth-order valence-electron chi connectivity index (χ4n) is 4.66. The Balaban J connectivity index is 1.77. The van der Waals surface area contributed by atoms with Crippen LogP contribution < -0.4 is 10.2 Å². The number of pyridine rings is 1. The Kier molecular flexibility index (Phi) is 4.67. The average Bonchev–Trinajstić information content (AvgIpc) is 3.51. The fourth-order valence-corrected chi connectivity index (χ4v) is 5.84. The van der Waals surface area contributed by atoms with Crippen molar-refractivity contribution in [2.24, 2.45) is 10.6 Å². The van der Waals surface area contributed by atoms with Crippen LogP contribution in [-0.2, 0) is 6.42 Å². The molecule has 2 aliphatic carbocycles. The van der Waals surface area contributed by atoms with Crippen LogP contribution in [0.3, 0.4) is 0 Å². The molecule has 2 N–H and O–H groups in total. The number of oxime groups is 1. The first-order valence-corrected chi connectivity index (χ1v) is 11.4. The Hall–Kier alpha value is -3.13. The second kappa shape index (κ2) is 7.20. The van der Waals surface area contributed by atoms with Gasteiger partial charge in [-0.25, -0.2) is 4.79 Å². The van der Waals surface area contributed by atoms with Crippen LogP contribution in [0, 0.1) is 5.41 Å². The van der Waals surface area contributed by atoms with E-state index in [9.17, 15) is 19.9 Å². The van der Waals surface area contributed by atoms with Crippen molar-refractivity contribution in [2.45, 2.75) is 45.6 Å². The molecule has 1 saturated carbocycles. The minimum atomic E-state index is -1.22. The zero-order chi connectivity index (χ0) is 22.8. The molecule has 0 atom stereocenters. The molecule has 2 aromatic heterocycles. The molecule has 7 nitrogen and oxygen atoms in total. The van der Waals surface area contributed by atoms with Crippen molar-refractivity contribution in [3.63, 3.8) is 0 Å². The third kappa shape index (κ3) is 3.04. The van der Waals surface area contributed by atoms with Gasteiger partial charge in [0.15, 0.2) is 5.75 Å². The van der Waals surface area contributed by atoms with Crippen LogP contribution in [0.15, 0.2) is 34.3 Å². The number of carboxylic acid groups (broad SMARTS) is 1. The average molecular weight is 453 g/mol. The quantitative estimate of drug-likeness (QED) is 0.432. The first-order chi connectivity index (χ1) is 15.3. The van der Waals surface area contributed by atoms with Gasteiger partial charge in [-0.15, -0.1) is 11.3 Å². The summed E-state index contributed by atoms with van der Waals surface area (Å²) in [6.45, 7) is 4.15. The van der Waals surface area contributed by atoms with Crippen molar-refractivity contribution in [3.8, 4) is 16.2 Å². The lowest BCUT2D eigenvalue weighted by atomic mass is 9.75. The van der Waals surface area contributed by atoms with Gasteiger partial charge >= 0.3 is 5.97 Å². The summed E-state index contributed by atoms with van der Waals surface area (Å²) in [6, 6.07) is 5.71. The van der Waals surface area contributed by atoms with Crippen LogP contribution in [0.25, 0.3) is 21.3 Å². The topological polar surface area (TPSA) is 101 Å². The van der Waals surface area contributed by atoms with Gasteiger partial charge in [-0.2, -0.15) is 0 Å². The van der Waals surface area contributed by atoms with Gasteiger partial charge in [-0.05, 0) is 43.9 Å². The van der Waals surface area contributed by atoms with Crippen molar-refractivity contribution in [1.82, 2.24) is 4.57 Å². The molecule has 1 fully saturated rings. The van der Waals surface area contributed by atoms with E-state index >= 15 is 0 Å². The molecule has 0 amide bonds. The van der Waals surface area contributed by atoms with E-state index in [0.717, 1.165) is 46.6 Å².